The zero-order chi connectivity index (χ0) is 32.2. The maximum Gasteiger partial charge on any atom is 0.531 e. The van der Waals surface area contributed by atoms with Gasteiger partial charge in [-0.3, -0.25) is 0 Å². The summed E-state index contributed by atoms with van der Waals surface area (Å²) < 4.78 is 26.4. The molecule has 2 saturated heterocycles. The standard InChI is InChI=1S/C42H32BO4/c1-5-9-29-13-17-37-33(21-29)34-22-30(10-6-2)14-18-38(34)41(37)25-44-43(45-26-41)46-27-42(28-47-43)39-19-15-31(11-7-3)23-35(39)36-24-32(12-8-4)16-20-40(36)42/h13-24H,25-28H2,1-4H3/q-1. The average Bonchev–Trinajstić information content (AvgIpc) is 3.50. The Bertz CT molecular complexity index is 1930. The van der Waals surface area contributed by atoms with Gasteiger partial charge >= 0.3 is 6.96 Å². The van der Waals surface area contributed by atoms with Crippen LogP contribution < -0.4 is 0 Å². The van der Waals surface area contributed by atoms with E-state index in [4.69, 9.17) is 18.6 Å². The van der Waals surface area contributed by atoms with Gasteiger partial charge in [0, 0.05) is 48.7 Å². The molecule has 2 aliphatic heterocycles. The van der Waals surface area contributed by atoms with Gasteiger partial charge in [-0.05, 0) is 121 Å². The fraction of sp³-hybridized carbons (Fsp3) is 0.238. The molecule has 0 radical (unpaired) electrons. The topological polar surface area (TPSA) is 36.9 Å². The SMILES string of the molecule is CC#Cc1ccc2c(c1)-c1cc(C#CC)ccc1C21CO[B-]2(OC1)OCC1(CO2)c2ccc(C#CC)cc2-c2cc(C#CC)ccc21. The van der Waals surface area contributed by atoms with Crippen LogP contribution in [0.4, 0.5) is 0 Å². The molecule has 0 atom stereocenters. The van der Waals surface area contributed by atoms with Crippen molar-refractivity contribution in [1.82, 2.24) is 0 Å². The predicted octanol–water partition coefficient (Wildman–Crippen LogP) is 6.93. The van der Waals surface area contributed by atoms with E-state index < -0.39 is 17.8 Å². The van der Waals surface area contributed by atoms with E-state index in [1.165, 1.54) is 0 Å². The van der Waals surface area contributed by atoms with Crippen LogP contribution in [0.1, 0.15) is 72.2 Å². The number of hydrogen-bond acceptors (Lipinski definition) is 4. The van der Waals surface area contributed by atoms with Crippen LogP contribution in [0.25, 0.3) is 22.3 Å². The van der Waals surface area contributed by atoms with Crippen LogP contribution in [0.5, 0.6) is 0 Å². The van der Waals surface area contributed by atoms with Crippen molar-refractivity contribution in [1.29, 1.82) is 0 Å². The quantitative estimate of drug-likeness (QED) is 0.160. The Kier molecular flexibility index (Phi) is 6.94. The lowest BCUT2D eigenvalue weighted by Gasteiger charge is -2.55. The zero-order valence-corrected chi connectivity index (χ0v) is 27.0. The normalized spacial score (nSPS) is 17.8. The molecule has 4 aromatic carbocycles. The average molecular weight is 612 g/mol. The summed E-state index contributed by atoms with van der Waals surface area (Å²) in [6.07, 6.45) is 0. The summed E-state index contributed by atoms with van der Waals surface area (Å²) in [5.74, 6) is 25.0. The van der Waals surface area contributed by atoms with Gasteiger partial charge in [-0.15, -0.1) is 23.7 Å². The molecule has 2 aliphatic carbocycles. The molecule has 2 heterocycles. The van der Waals surface area contributed by atoms with E-state index in [1.807, 2.05) is 27.7 Å². The number of rotatable bonds is 0. The molecule has 0 N–H and O–H groups in total. The summed E-state index contributed by atoms with van der Waals surface area (Å²) in [6, 6.07) is 25.6. The van der Waals surface area contributed by atoms with E-state index in [0.717, 1.165) is 66.8 Å². The van der Waals surface area contributed by atoms with Crippen LogP contribution in [0.15, 0.2) is 72.8 Å². The van der Waals surface area contributed by atoms with E-state index in [1.54, 1.807) is 0 Å². The molecular weight excluding hydrogens is 579 g/mol. The van der Waals surface area contributed by atoms with Crippen LogP contribution in [-0.2, 0) is 29.4 Å². The fourth-order valence-corrected chi connectivity index (χ4v) is 7.89. The van der Waals surface area contributed by atoms with Crippen molar-refractivity contribution < 1.29 is 18.6 Å². The van der Waals surface area contributed by atoms with Crippen LogP contribution in [0, 0.1) is 47.4 Å². The molecule has 228 valence electrons. The zero-order valence-electron chi connectivity index (χ0n) is 27.0. The first-order chi connectivity index (χ1) is 23.0. The molecule has 2 fully saturated rings. The smallest absolute Gasteiger partial charge is 0.517 e. The molecule has 4 nitrogen and oxygen atoms in total. The molecule has 4 aromatic rings. The Morgan fingerprint density at radius 3 is 0.915 bits per heavy atom. The van der Waals surface area contributed by atoms with Crippen LogP contribution in [0.3, 0.4) is 0 Å². The summed E-state index contributed by atoms with van der Waals surface area (Å²) in [7, 11) is 0. The third-order valence-corrected chi connectivity index (χ3v) is 9.93. The highest BCUT2D eigenvalue weighted by Crippen LogP contribution is 2.55. The van der Waals surface area contributed by atoms with Crippen molar-refractivity contribution in [2.75, 3.05) is 26.4 Å². The minimum atomic E-state index is -2.42. The Morgan fingerprint density at radius 2 is 0.681 bits per heavy atom. The highest BCUT2D eigenvalue weighted by Gasteiger charge is 2.55. The Labute approximate surface area is 276 Å². The Morgan fingerprint density at radius 1 is 0.426 bits per heavy atom. The van der Waals surface area contributed by atoms with E-state index in [2.05, 4.69) is 120 Å². The maximum atomic E-state index is 6.60. The van der Waals surface area contributed by atoms with Crippen molar-refractivity contribution in [2.45, 2.75) is 38.5 Å². The van der Waals surface area contributed by atoms with Gasteiger partial charge in [0.05, 0.1) is 10.8 Å². The first-order valence-electron chi connectivity index (χ1n) is 16.0. The molecule has 47 heavy (non-hydrogen) atoms. The van der Waals surface area contributed by atoms with Crippen LogP contribution >= 0.6 is 0 Å². The molecule has 8 rings (SSSR count). The molecule has 5 heteroatoms. The van der Waals surface area contributed by atoms with Gasteiger partial charge in [-0.2, -0.15) is 0 Å². The summed E-state index contributed by atoms with van der Waals surface area (Å²) >= 11 is 0. The van der Waals surface area contributed by atoms with E-state index in [9.17, 15) is 0 Å². The van der Waals surface area contributed by atoms with E-state index >= 15 is 0 Å². The molecular formula is C42H32BO4-. The van der Waals surface area contributed by atoms with Gasteiger partial charge in [-0.25, -0.2) is 0 Å². The van der Waals surface area contributed by atoms with Crippen molar-refractivity contribution in [3.05, 3.63) is 117 Å². The van der Waals surface area contributed by atoms with Crippen molar-refractivity contribution in [3.8, 4) is 69.6 Å². The number of fused-ring (bicyclic) bond motifs is 10. The molecule has 0 amide bonds. The number of hydrogen-bond donors (Lipinski definition) is 0. The van der Waals surface area contributed by atoms with Gasteiger partial charge in [0.25, 0.3) is 0 Å². The highest BCUT2D eigenvalue weighted by molar-refractivity contribution is 6.54. The minimum Gasteiger partial charge on any atom is -0.517 e. The molecule has 3 spiro atoms. The van der Waals surface area contributed by atoms with Gasteiger partial charge < -0.3 is 18.6 Å². The van der Waals surface area contributed by atoms with Crippen molar-refractivity contribution in [2.24, 2.45) is 0 Å². The molecule has 0 aromatic heterocycles. The molecule has 0 unspecified atom stereocenters. The second-order valence-electron chi connectivity index (χ2n) is 12.5. The molecule has 0 bridgehead atoms. The third-order valence-electron chi connectivity index (χ3n) is 9.93. The molecule has 4 aliphatic rings. The summed E-state index contributed by atoms with van der Waals surface area (Å²) in [6.45, 7) is 6.47. The lowest BCUT2D eigenvalue weighted by atomic mass is 9.74. The van der Waals surface area contributed by atoms with E-state index in [0.29, 0.717) is 26.4 Å². The second kappa shape index (κ2) is 11.1. The van der Waals surface area contributed by atoms with Crippen molar-refractivity contribution >= 4 is 6.96 Å². The number of benzene rings is 4. The highest BCUT2D eigenvalue weighted by atomic mass is 16.9. The van der Waals surface area contributed by atoms with E-state index in [-0.39, 0.29) is 0 Å². The van der Waals surface area contributed by atoms with Gasteiger partial charge in [0.1, 0.15) is 0 Å². The second-order valence-corrected chi connectivity index (χ2v) is 12.5. The lowest BCUT2D eigenvalue weighted by molar-refractivity contribution is -0.117. The van der Waals surface area contributed by atoms with Crippen molar-refractivity contribution in [3.63, 3.8) is 0 Å². The monoisotopic (exact) mass is 611 g/mol. The Balaban J connectivity index is 1.12. The summed E-state index contributed by atoms with van der Waals surface area (Å²) in [5.41, 5.74) is 12.1. The first kappa shape index (κ1) is 29.4. The predicted molar refractivity (Wildman–Crippen MR) is 185 cm³/mol. The first-order valence-corrected chi connectivity index (χ1v) is 16.0. The molecule has 0 saturated carbocycles. The lowest BCUT2D eigenvalue weighted by Crippen LogP contribution is -2.64. The maximum absolute atomic E-state index is 6.60. The fourth-order valence-electron chi connectivity index (χ4n) is 7.89. The van der Waals surface area contributed by atoms with Crippen LogP contribution in [-0.4, -0.2) is 33.4 Å². The summed E-state index contributed by atoms with van der Waals surface area (Å²) in [4.78, 5) is 0. The third kappa shape index (κ3) is 4.41. The Hall–Kier alpha value is -4.98. The largest absolute Gasteiger partial charge is 0.531 e. The van der Waals surface area contributed by atoms with Crippen LogP contribution in [0.2, 0.25) is 0 Å². The van der Waals surface area contributed by atoms with Gasteiger partial charge in [0.2, 0.25) is 0 Å². The summed E-state index contributed by atoms with van der Waals surface area (Å²) in [5, 5.41) is 0. The van der Waals surface area contributed by atoms with Gasteiger partial charge in [0.15, 0.2) is 0 Å². The minimum absolute atomic E-state index is 0.364. The van der Waals surface area contributed by atoms with Gasteiger partial charge in [-0.1, -0.05) is 47.9 Å².